The zero-order valence-electron chi connectivity index (χ0n) is 11.6. The van der Waals surface area contributed by atoms with Gasteiger partial charge in [0.1, 0.15) is 5.76 Å². The van der Waals surface area contributed by atoms with E-state index in [2.05, 4.69) is 24.5 Å². The molecule has 0 unspecified atom stereocenters. The molecule has 0 amide bonds. The molecular weight excluding hydrogens is 222 g/mol. The smallest absolute Gasteiger partial charge is 0.139 e. The summed E-state index contributed by atoms with van der Waals surface area (Å²) in [6, 6.07) is 4.13. The SMILES string of the molecule is C=C1Nc2cc(C)cc(C)c2C(=C)C=C1O.CC. The van der Waals surface area contributed by atoms with Crippen LogP contribution < -0.4 is 5.32 Å². The Kier molecular flexibility index (Phi) is 4.38. The lowest BCUT2D eigenvalue weighted by atomic mass is 9.97. The maximum Gasteiger partial charge on any atom is 0.139 e. The van der Waals surface area contributed by atoms with Crippen molar-refractivity contribution in [2.24, 2.45) is 0 Å². The lowest BCUT2D eigenvalue weighted by Crippen LogP contribution is -2.01. The summed E-state index contributed by atoms with van der Waals surface area (Å²) in [5.41, 5.74) is 5.61. The van der Waals surface area contributed by atoms with Crippen molar-refractivity contribution in [3.05, 3.63) is 59.5 Å². The first-order valence-electron chi connectivity index (χ1n) is 6.16. The average Bonchev–Trinajstić information content (AvgIpc) is 2.39. The molecule has 1 aromatic carbocycles. The van der Waals surface area contributed by atoms with Crippen LogP contribution in [0.25, 0.3) is 5.57 Å². The second-order valence-corrected chi connectivity index (χ2v) is 4.16. The molecule has 0 aliphatic carbocycles. The minimum atomic E-state index is 0.137. The summed E-state index contributed by atoms with van der Waals surface area (Å²) in [7, 11) is 0. The van der Waals surface area contributed by atoms with Gasteiger partial charge in [-0.3, -0.25) is 0 Å². The van der Waals surface area contributed by atoms with Crippen LogP contribution in [0, 0.1) is 13.8 Å². The zero-order chi connectivity index (χ0) is 13.9. The zero-order valence-corrected chi connectivity index (χ0v) is 11.6. The number of aliphatic hydroxyl groups is 1. The van der Waals surface area contributed by atoms with Crippen LogP contribution in [-0.2, 0) is 0 Å². The van der Waals surface area contributed by atoms with Crippen LogP contribution in [0.3, 0.4) is 0 Å². The fraction of sp³-hybridized carbons (Fsp3) is 0.250. The van der Waals surface area contributed by atoms with Crippen molar-refractivity contribution >= 4 is 11.3 Å². The number of anilines is 1. The van der Waals surface area contributed by atoms with E-state index in [1.165, 1.54) is 5.56 Å². The van der Waals surface area contributed by atoms with E-state index in [0.29, 0.717) is 5.70 Å². The highest BCUT2D eigenvalue weighted by Gasteiger charge is 2.15. The largest absolute Gasteiger partial charge is 0.506 e. The first kappa shape index (κ1) is 14.1. The highest BCUT2D eigenvalue weighted by Crippen LogP contribution is 2.33. The molecule has 1 aliphatic rings. The summed E-state index contributed by atoms with van der Waals surface area (Å²) in [5, 5.41) is 12.8. The maximum atomic E-state index is 9.70. The molecule has 0 bridgehead atoms. The Morgan fingerprint density at radius 2 is 1.72 bits per heavy atom. The van der Waals surface area contributed by atoms with Gasteiger partial charge in [0.15, 0.2) is 0 Å². The van der Waals surface area contributed by atoms with Crippen molar-refractivity contribution in [2.45, 2.75) is 27.7 Å². The second-order valence-electron chi connectivity index (χ2n) is 4.16. The summed E-state index contributed by atoms with van der Waals surface area (Å²) in [6.07, 6.45) is 1.64. The third-order valence-electron chi connectivity index (χ3n) is 2.71. The number of nitrogens with one attached hydrogen (secondary N) is 1. The Hall–Kier alpha value is -1.96. The van der Waals surface area contributed by atoms with Gasteiger partial charge in [0.05, 0.1) is 5.70 Å². The van der Waals surface area contributed by atoms with E-state index >= 15 is 0 Å². The van der Waals surface area contributed by atoms with E-state index in [1.54, 1.807) is 6.08 Å². The third kappa shape index (κ3) is 2.65. The van der Waals surface area contributed by atoms with Crippen molar-refractivity contribution in [1.29, 1.82) is 0 Å². The number of hydrogen-bond donors (Lipinski definition) is 2. The van der Waals surface area contributed by atoms with Crippen LogP contribution in [0.1, 0.15) is 30.5 Å². The van der Waals surface area contributed by atoms with Crippen LogP contribution in [0.4, 0.5) is 5.69 Å². The monoisotopic (exact) mass is 243 g/mol. The summed E-state index contributed by atoms with van der Waals surface area (Å²) in [5.74, 6) is 0.137. The van der Waals surface area contributed by atoms with Crippen LogP contribution in [-0.4, -0.2) is 5.11 Å². The molecule has 2 rings (SSSR count). The van der Waals surface area contributed by atoms with E-state index in [4.69, 9.17) is 0 Å². The van der Waals surface area contributed by atoms with Crippen molar-refractivity contribution < 1.29 is 5.11 Å². The van der Waals surface area contributed by atoms with Gasteiger partial charge in [-0.25, -0.2) is 0 Å². The first-order chi connectivity index (χ1) is 8.49. The fourth-order valence-electron chi connectivity index (χ4n) is 2.04. The van der Waals surface area contributed by atoms with E-state index in [9.17, 15) is 5.11 Å². The second kappa shape index (κ2) is 5.58. The molecule has 0 fully saturated rings. The van der Waals surface area contributed by atoms with Crippen LogP contribution in [0.5, 0.6) is 0 Å². The van der Waals surface area contributed by atoms with E-state index in [-0.39, 0.29) is 5.76 Å². The van der Waals surface area contributed by atoms with Gasteiger partial charge in [-0.2, -0.15) is 0 Å². The van der Waals surface area contributed by atoms with Crippen molar-refractivity contribution in [1.82, 2.24) is 0 Å². The number of fused-ring (bicyclic) bond motifs is 1. The molecule has 2 nitrogen and oxygen atoms in total. The Balaban J connectivity index is 0.000000771. The van der Waals surface area contributed by atoms with Crippen molar-refractivity contribution in [3.8, 4) is 0 Å². The van der Waals surface area contributed by atoms with E-state index in [0.717, 1.165) is 22.4 Å². The Morgan fingerprint density at radius 3 is 2.33 bits per heavy atom. The molecule has 0 radical (unpaired) electrons. The van der Waals surface area contributed by atoms with E-state index in [1.807, 2.05) is 33.8 Å². The molecule has 2 N–H and O–H groups in total. The number of benzene rings is 1. The molecular formula is C16H21NO. The van der Waals surface area contributed by atoms with E-state index < -0.39 is 0 Å². The average molecular weight is 243 g/mol. The lowest BCUT2D eigenvalue weighted by Gasteiger charge is -2.13. The van der Waals surface area contributed by atoms with Gasteiger partial charge in [0.2, 0.25) is 0 Å². The lowest BCUT2D eigenvalue weighted by molar-refractivity contribution is 0.425. The molecule has 2 heteroatoms. The molecule has 18 heavy (non-hydrogen) atoms. The van der Waals surface area contributed by atoms with Crippen molar-refractivity contribution in [2.75, 3.05) is 5.32 Å². The number of allylic oxidation sites excluding steroid dienone is 2. The molecule has 0 aromatic heterocycles. The van der Waals surface area contributed by atoms with Crippen LogP contribution in [0.2, 0.25) is 0 Å². The quantitative estimate of drug-likeness (QED) is 0.690. The molecule has 1 aliphatic heterocycles. The van der Waals surface area contributed by atoms with Crippen molar-refractivity contribution in [3.63, 3.8) is 0 Å². The number of hydrogen-bond acceptors (Lipinski definition) is 2. The normalized spacial score (nSPS) is 13.7. The standard InChI is InChI=1S/C14H15NO.C2H6/c1-8-5-9(2)14-10(3)7-13(16)11(4)15-12(14)6-8;1-2/h5-7,15-16H,3-4H2,1-2H3;1-2H3. The van der Waals surface area contributed by atoms with Crippen LogP contribution >= 0.6 is 0 Å². The predicted octanol–water partition coefficient (Wildman–Crippen LogP) is 4.72. The van der Waals surface area contributed by atoms with Gasteiger partial charge in [-0.05, 0) is 42.7 Å². The van der Waals surface area contributed by atoms with Gasteiger partial charge in [0.25, 0.3) is 0 Å². The molecule has 0 saturated heterocycles. The number of rotatable bonds is 0. The highest BCUT2D eigenvalue weighted by atomic mass is 16.3. The Labute approximate surface area is 109 Å². The van der Waals surface area contributed by atoms with Gasteiger partial charge in [-0.15, -0.1) is 0 Å². The van der Waals surface area contributed by atoms with Gasteiger partial charge in [-0.1, -0.05) is 33.1 Å². The number of aryl methyl sites for hydroxylation is 2. The molecule has 96 valence electrons. The summed E-state index contributed by atoms with van der Waals surface area (Å²) < 4.78 is 0. The topological polar surface area (TPSA) is 32.3 Å². The Morgan fingerprint density at radius 1 is 1.11 bits per heavy atom. The number of aliphatic hydroxyl groups excluding tert-OH is 1. The minimum absolute atomic E-state index is 0.137. The Bertz CT molecular complexity index is 524. The molecule has 0 atom stereocenters. The fourth-order valence-corrected chi connectivity index (χ4v) is 2.04. The summed E-state index contributed by atoms with van der Waals surface area (Å²) >= 11 is 0. The van der Waals surface area contributed by atoms with Gasteiger partial charge >= 0.3 is 0 Å². The molecule has 1 aromatic rings. The summed E-state index contributed by atoms with van der Waals surface area (Å²) in [4.78, 5) is 0. The minimum Gasteiger partial charge on any atom is -0.506 e. The third-order valence-corrected chi connectivity index (χ3v) is 2.71. The van der Waals surface area contributed by atoms with Crippen LogP contribution in [0.15, 0.2) is 42.8 Å². The summed E-state index contributed by atoms with van der Waals surface area (Å²) in [6.45, 7) is 15.8. The molecule has 0 saturated carbocycles. The predicted molar refractivity (Wildman–Crippen MR) is 79.8 cm³/mol. The highest BCUT2D eigenvalue weighted by molar-refractivity contribution is 5.86. The van der Waals surface area contributed by atoms with Gasteiger partial charge in [0, 0.05) is 11.3 Å². The molecule has 1 heterocycles. The van der Waals surface area contributed by atoms with Gasteiger partial charge < -0.3 is 10.4 Å². The first-order valence-corrected chi connectivity index (χ1v) is 6.16. The molecule has 0 spiro atoms. The maximum absolute atomic E-state index is 9.70.